The van der Waals surface area contributed by atoms with Crippen LogP contribution in [0, 0.1) is 0 Å². The molecule has 84 valence electrons. The van der Waals surface area contributed by atoms with Crippen LogP contribution in [0.2, 0.25) is 0 Å². The lowest BCUT2D eigenvalue weighted by atomic mass is 10.1. The first-order chi connectivity index (χ1) is 7.04. The maximum atomic E-state index is 11.8. The van der Waals surface area contributed by atoms with Crippen molar-refractivity contribution < 1.29 is 9.59 Å². The summed E-state index contributed by atoms with van der Waals surface area (Å²) in [6.07, 6.45) is 1.69. The molecule has 4 nitrogen and oxygen atoms in total. The molecule has 0 fully saturated rings. The second-order valence-electron chi connectivity index (χ2n) is 3.91. The first kappa shape index (κ1) is 11.9. The summed E-state index contributed by atoms with van der Waals surface area (Å²) in [5, 5.41) is 0. The summed E-state index contributed by atoms with van der Waals surface area (Å²) < 4.78 is 0. The zero-order chi connectivity index (χ0) is 11.6. The Hall–Kier alpha value is -1.16. The van der Waals surface area contributed by atoms with Gasteiger partial charge in [-0.15, -0.1) is 0 Å². The lowest BCUT2D eigenvalue weighted by Crippen LogP contribution is -2.45. The van der Waals surface area contributed by atoms with Crippen LogP contribution in [0.1, 0.15) is 33.6 Å². The molecule has 0 aromatic rings. The van der Waals surface area contributed by atoms with E-state index in [1.54, 1.807) is 13.8 Å². The molecule has 1 rings (SSSR count). The molecule has 1 unspecified atom stereocenters. The van der Waals surface area contributed by atoms with Crippen molar-refractivity contribution in [3.05, 3.63) is 11.1 Å². The van der Waals surface area contributed by atoms with Gasteiger partial charge in [-0.3, -0.25) is 14.5 Å². The Morgan fingerprint density at radius 3 is 2.00 bits per heavy atom. The van der Waals surface area contributed by atoms with Crippen molar-refractivity contribution in [3.8, 4) is 0 Å². The normalized spacial score (nSPS) is 19.1. The van der Waals surface area contributed by atoms with Crippen molar-refractivity contribution in [1.29, 1.82) is 0 Å². The zero-order valence-corrected chi connectivity index (χ0v) is 9.54. The average Bonchev–Trinajstić information content (AvgIpc) is 2.41. The summed E-state index contributed by atoms with van der Waals surface area (Å²) in [4.78, 5) is 24.9. The fraction of sp³-hybridized carbons (Fsp3) is 0.636. The first-order valence-electron chi connectivity index (χ1n) is 5.30. The number of hydrogen-bond acceptors (Lipinski definition) is 3. The summed E-state index contributed by atoms with van der Waals surface area (Å²) in [7, 11) is 0. The van der Waals surface area contributed by atoms with Crippen molar-refractivity contribution in [2.45, 2.75) is 39.7 Å². The maximum Gasteiger partial charge on any atom is 0.257 e. The van der Waals surface area contributed by atoms with Crippen LogP contribution >= 0.6 is 0 Å². The monoisotopic (exact) mass is 210 g/mol. The van der Waals surface area contributed by atoms with Gasteiger partial charge in [-0.1, -0.05) is 13.3 Å². The Balaban J connectivity index is 2.90. The maximum absolute atomic E-state index is 11.8. The fourth-order valence-electron chi connectivity index (χ4n) is 1.79. The molecule has 0 aromatic heterocycles. The Labute approximate surface area is 90.1 Å². The number of hydrogen-bond donors (Lipinski definition) is 1. The Bertz CT molecular complexity index is 297. The highest BCUT2D eigenvalue weighted by Crippen LogP contribution is 2.23. The van der Waals surface area contributed by atoms with E-state index in [1.165, 1.54) is 4.90 Å². The van der Waals surface area contributed by atoms with Gasteiger partial charge in [0.25, 0.3) is 11.8 Å². The molecule has 1 heterocycles. The molecule has 0 bridgehead atoms. The molecule has 15 heavy (non-hydrogen) atoms. The molecule has 1 aliphatic heterocycles. The number of carbonyl (C=O) groups excluding carboxylic acids is 2. The van der Waals surface area contributed by atoms with Gasteiger partial charge in [0.05, 0.1) is 6.04 Å². The highest BCUT2D eigenvalue weighted by Gasteiger charge is 2.37. The molecule has 1 aliphatic rings. The van der Waals surface area contributed by atoms with E-state index in [4.69, 9.17) is 5.73 Å². The second-order valence-corrected chi connectivity index (χ2v) is 3.91. The van der Waals surface area contributed by atoms with Crippen molar-refractivity contribution in [2.24, 2.45) is 5.73 Å². The van der Waals surface area contributed by atoms with Gasteiger partial charge in [0.1, 0.15) is 0 Å². The van der Waals surface area contributed by atoms with Crippen molar-refractivity contribution in [2.75, 3.05) is 6.54 Å². The van der Waals surface area contributed by atoms with Crippen molar-refractivity contribution in [3.63, 3.8) is 0 Å². The lowest BCUT2D eigenvalue weighted by Gasteiger charge is -2.25. The van der Waals surface area contributed by atoms with Crippen LogP contribution < -0.4 is 5.73 Å². The molecular weight excluding hydrogens is 192 g/mol. The summed E-state index contributed by atoms with van der Waals surface area (Å²) in [6.45, 7) is 5.73. The highest BCUT2D eigenvalue weighted by molar-refractivity contribution is 6.18. The van der Waals surface area contributed by atoms with Gasteiger partial charge < -0.3 is 5.73 Å². The van der Waals surface area contributed by atoms with E-state index in [2.05, 4.69) is 0 Å². The summed E-state index contributed by atoms with van der Waals surface area (Å²) >= 11 is 0. The van der Waals surface area contributed by atoms with Gasteiger partial charge in [-0.2, -0.15) is 0 Å². The number of carbonyl (C=O) groups is 2. The minimum atomic E-state index is -0.179. The third-order valence-electron chi connectivity index (χ3n) is 2.90. The van der Waals surface area contributed by atoms with E-state index < -0.39 is 0 Å². The number of amides is 2. The first-order valence-corrected chi connectivity index (χ1v) is 5.30. The molecule has 0 aliphatic carbocycles. The molecular formula is C11H18N2O2. The number of nitrogens with two attached hydrogens (primary N) is 1. The summed E-state index contributed by atoms with van der Waals surface area (Å²) in [6, 6.07) is -0.151. The van der Waals surface area contributed by atoms with Crippen LogP contribution in [-0.2, 0) is 9.59 Å². The quantitative estimate of drug-likeness (QED) is 0.699. The minimum Gasteiger partial charge on any atom is -0.328 e. The highest BCUT2D eigenvalue weighted by atomic mass is 16.2. The van der Waals surface area contributed by atoms with Crippen LogP contribution in [-0.4, -0.2) is 29.3 Å². The lowest BCUT2D eigenvalue weighted by molar-refractivity contribution is -0.140. The molecule has 0 saturated heterocycles. The van der Waals surface area contributed by atoms with Crippen LogP contribution in [0.3, 0.4) is 0 Å². The largest absolute Gasteiger partial charge is 0.328 e. The average molecular weight is 210 g/mol. The second kappa shape index (κ2) is 4.57. The molecule has 0 spiro atoms. The van der Waals surface area contributed by atoms with Crippen molar-refractivity contribution in [1.82, 2.24) is 4.90 Å². The fourth-order valence-corrected chi connectivity index (χ4v) is 1.79. The third kappa shape index (κ3) is 1.95. The van der Waals surface area contributed by atoms with Crippen LogP contribution in [0.15, 0.2) is 11.1 Å². The van der Waals surface area contributed by atoms with E-state index in [-0.39, 0.29) is 17.9 Å². The SMILES string of the molecule is CCCC(CN)N1C(=O)C(C)=C(C)C1=O. The van der Waals surface area contributed by atoms with Gasteiger partial charge in [-0.05, 0) is 20.3 Å². The van der Waals surface area contributed by atoms with Gasteiger partial charge >= 0.3 is 0 Å². The van der Waals surface area contributed by atoms with Gasteiger partial charge in [0.15, 0.2) is 0 Å². The smallest absolute Gasteiger partial charge is 0.257 e. The molecule has 2 N–H and O–H groups in total. The number of nitrogens with zero attached hydrogens (tertiary/aromatic N) is 1. The Morgan fingerprint density at radius 1 is 1.20 bits per heavy atom. The topological polar surface area (TPSA) is 63.4 Å². The van der Waals surface area contributed by atoms with E-state index in [1.807, 2.05) is 6.92 Å². The van der Waals surface area contributed by atoms with Gasteiger partial charge in [-0.25, -0.2) is 0 Å². The van der Waals surface area contributed by atoms with Crippen molar-refractivity contribution >= 4 is 11.8 Å². The van der Waals surface area contributed by atoms with E-state index in [0.717, 1.165) is 12.8 Å². The van der Waals surface area contributed by atoms with Crippen LogP contribution in [0.25, 0.3) is 0 Å². The summed E-state index contributed by atoms with van der Waals surface area (Å²) in [5.41, 5.74) is 6.69. The minimum absolute atomic E-state index is 0.151. The molecule has 0 saturated carbocycles. The zero-order valence-electron chi connectivity index (χ0n) is 9.54. The van der Waals surface area contributed by atoms with Crippen LogP contribution in [0.4, 0.5) is 0 Å². The molecule has 4 heteroatoms. The summed E-state index contributed by atoms with van der Waals surface area (Å²) in [5.74, 6) is -0.359. The Morgan fingerprint density at radius 2 is 1.67 bits per heavy atom. The number of rotatable bonds is 4. The number of imide groups is 1. The van der Waals surface area contributed by atoms with Gasteiger partial charge in [0, 0.05) is 17.7 Å². The molecule has 0 radical (unpaired) electrons. The third-order valence-corrected chi connectivity index (χ3v) is 2.90. The van der Waals surface area contributed by atoms with Crippen LogP contribution in [0.5, 0.6) is 0 Å². The van der Waals surface area contributed by atoms with Gasteiger partial charge in [0.2, 0.25) is 0 Å². The Kier molecular flexibility index (Phi) is 3.63. The molecule has 1 atom stereocenters. The molecule has 0 aromatic carbocycles. The van der Waals surface area contributed by atoms with E-state index >= 15 is 0 Å². The van der Waals surface area contributed by atoms with E-state index in [9.17, 15) is 9.59 Å². The predicted octanol–water partition coefficient (Wildman–Crippen LogP) is 0.819. The standard InChI is InChI=1S/C11H18N2O2/c1-4-5-9(6-12)13-10(14)7(2)8(3)11(13)15/h9H,4-6,12H2,1-3H3. The molecule has 2 amide bonds. The van der Waals surface area contributed by atoms with E-state index in [0.29, 0.717) is 17.7 Å². The predicted molar refractivity (Wildman–Crippen MR) is 58.0 cm³/mol.